The van der Waals surface area contributed by atoms with Crippen molar-refractivity contribution in [3.8, 4) is 5.75 Å². The lowest BCUT2D eigenvalue weighted by molar-refractivity contribution is -0.0501. The Morgan fingerprint density at radius 1 is 1.55 bits per heavy atom. The maximum Gasteiger partial charge on any atom is 0.387 e. The predicted octanol–water partition coefficient (Wildman–Crippen LogP) is 1.12. The van der Waals surface area contributed by atoms with Gasteiger partial charge in [-0.25, -0.2) is 0 Å². The summed E-state index contributed by atoms with van der Waals surface area (Å²) in [6.07, 6.45) is -0.409. The summed E-state index contributed by atoms with van der Waals surface area (Å²) < 4.78 is 33.8. The van der Waals surface area contributed by atoms with E-state index in [9.17, 15) is 13.6 Å². The highest BCUT2D eigenvalue weighted by Crippen LogP contribution is 2.18. The topological polar surface area (TPSA) is 59.0 Å². The standard InChI is InChI=1S/C13H15F2NO4/c14-13(15)20-10-3-1-2-9(6-10)12(18)16-4-5-19-11(7-16)8-17/h1-3,6,11,13,17H,4-5,7-8H2. The Morgan fingerprint density at radius 3 is 3.05 bits per heavy atom. The quantitative estimate of drug-likeness (QED) is 0.901. The molecule has 0 aliphatic carbocycles. The van der Waals surface area contributed by atoms with Gasteiger partial charge in [-0.2, -0.15) is 8.78 Å². The number of ether oxygens (including phenoxy) is 2. The molecule has 1 atom stereocenters. The van der Waals surface area contributed by atoms with E-state index in [1.54, 1.807) is 0 Å². The van der Waals surface area contributed by atoms with Gasteiger partial charge in [0, 0.05) is 18.7 Å². The highest BCUT2D eigenvalue weighted by Gasteiger charge is 2.24. The first-order valence-corrected chi connectivity index (χ1v) is 6.16. The van der Waals surface area contributed by atoms with Crippen molar-refractivity contribution in [2.45, 2.75) is 12.7 Å². The highest BCUT2D eigenvalue weighted by molar-refractivity contribution is 5.94. The largest absolute Gasteiger partial charge is 0.435 e. The number of carbonyl (C=O) groups is 1. The monoisotopic (exact) mass is 287 g/mol. The molecular formula is C13H15F2NO4. The van der Waals surface area contributed by atoms with Crippen LogP contribution in [0.4, 0.5) is 8.78 Å². The Bertz CT molecular complexity index is 469. The van der Waals surface area contributed by atoms with E-state index in [0.29, 0.717) is 13.2 Å². The van der Waals surface area contributed by atoms with Crippen molar-refractivity contribution in [3.05, 3.63) is 29.8 Å². The number of aliphatic hydroxyl groups is 1. The number of hydrogen-bond acceptors (Lipinski definition) is 4. The third kappa shape index (κ3) is 3.64. The van der Waals surface area contributed by atoms with Crippen molar-refractivity contribution in [1.82, 2.24) is 4.90 Å². The average Bonchev–Trinajstić information content (AvgIpc) is 2.46. The van der Waals surface area contributed by atoms with Crippen LogP contribution >= 0.6 is 0 Å². The molecule has 0 saturated carbocycles. The van der Waals surface area contributed by atoms with E-state index in [2.05, 4.69) is 4.74 Å². The first kappa shape index (κ1) is 14.7. The van der Waals surface area contributed by atoms with Crippen molar-refractivity contribution >= 4 is 5.91 Å². The van der Waals surface area contributed by atoms with E-state index in [4.69, 9.17) is 9.84 Å². The zero-order valence-corrected chi connectivity index (χ0v) is 10.7. The lowest BCUT2D eigenvalue weighted by Crippen LogP contribution is -2.46. The lowest BCUT2D eigenvalue weighted by Gasteiger charge is -2.32. The first-order valence-electron chi connectivity index (χ1n) is 6.16. The molecule has 2 rings (SSSR count). The minimum atomic E-state index is -2.93. The van der Waals surface area contributed by atoms with Crippen molar-refractivity contribution in [2.75, 3.05) is 26.3 Å². The molecule has 0 bridgehead atoms. The van der Waals surface area contributed by atoms with Gasteiger partial charge in [-0.1, -0.05) is 6.07 Å². The van der Waals surface area contributed by atoms with Crippen LogP contribution in [0.15, 0.2) is 24.3 Å². The zero-order chi connectivity index (χ0) is 14.5. The second-order valence-electron chi connectivity index (χ2n) is 4.33. The van der Waals surface area contributed by atoms with Gasteiger partial charge in [-0.3, -0.25) is 4.79 Å². The molecule has 7 heteroatoms. The first-order chi connectivity index (χ1) is 9.60. The number of alkyl halides is 2. The van der Waals surface area contributed by atoms with Gasteiger partial charge < -0.3 is 19.5 Å². The molecular weight excluding hydrogens is 272 g/mol. The number of hydrogen-bond donors (Lipinski definition) is 1. The Morgan fingerprint density at radius 2 is 2.35 bits per heavy atom. The lowest BCUT2D eigenvalue weighted by atomic mass is 10.1. The van der Waals surface area contributed by atoms with E-state index in [0.717, 1.165) is 0 Å². The summed E-state index contributed by atoms with van der Waals surface area (Å²) in [5.41, 5.74) is 0.265. The highest BCUT2D eigenvalue weighted by atomic mass is 19.3. The van der Waals surface area contributed by atoms with Crippen molar-refractivity contribution in [1.29, 1.82) is 0 Å². The fraction of sp³-hybridized carbons (Fsp3) is 0.462. The summed E-state index contributed by atoms with van der Waals surface area (Å²) in [5.74, 6) is -0.357. The van der Waals surface area contributed by atoms with Crippen LogP contribution in [-0.2, 0) is 4.74 Å². The molecule has 1 amide bonds. The molecule has 1 unspecified atom stereocenters. The zero-order valence-electron chi connectivity index (χ0n) is 10.7. The predicted molar refractivity (Wildman–Crippen MR) is 65.8 cm³/mol. The van der Waals surface area contributed by atoms with Gasteiger partial charge in [-0.15, -0.1) is 0 Å². The molecule has 20 heavy (non-hydrogen) atoms. The minimum Gasteiger partial charge on any atom is -0.435 e. The third-order valence-corrected chi connectivity index (χ3v) is 2.94. The normalized spacial score (nSPS) is 19.2. The fourth-order valence-electron chi connectivity index (χ4n) is 2.00. The summed E-state index contributed by atoms with van der Waals surface area (Å²) in [4.78, 5) is 13.8. The molecule has 1 heterocycles. The van der Waals surface area contributed by atoms with Gasteiger partial charge in [-0.05, 0) is 18.2 Å². The fourth-order valence-corrected chi connectivity index (χ4v) is 2.00. The van der Waals surface area contributed by atoms with E-state index >= 15 is 0 Å². The molecule has 0 spiro atoms. The van der Waals surface area contributed by atoms with Gasteiger partial charge in [0.2, 0.25) is 0 Å². The maximum absolute atomic E-state index is 12.2. The van der Waals surface area contributed by atoms with Crippen LogP contribution < -0.4 is 4.74 Å². The number of carbonyl (C=O) groups excluding carboxylic acids is 1. The Labute approximate surface area is 114 Å². The van der Waals surface area contributed by atoms with E-state index in [1.807, 2.05) is 0 Å². The van der Waals surface area contributed by atoms with Crippen LogP contribution in [0.5, 0.6) is 5.75 Å². The van der Waals surface area contributed by atoms with Crippen LogP contribution in [0, 0.1) is 0 Å². The van der Waals surface area contributed by atoms with Gasteiger partial charge in [0.05, 0.1) is 19.3 Å². The van der Waals surface area contributed by atoms with Crippen LogP contribution in [0.1, 0.15) is 10.4 Å². The van der Waals surface area contributed by atoms with Crippen molar-refractivity contribution in [2.24, 2.45) is 0 Å². The number of rotatable bonds is 4. The number of nitrogens with zero attached hydrogens (tertiary/aromatic N) is 1. The summed E-state index contributed by atoms with van der Waals surface area (Å²) >= 11 is 0. The van der Waals surface area contributed by atoms with Gasteiger partial charge in [0.1, 0.15) is 5.75 Å². The summed E-state index contributed by atoms with van der Waals surface area (Å²) in [6.45, 7) is -2.09. The number of halogens is 2. The Balaban J connectivity index is 2.08. The smallest absolute Gasteiger partial charge is 0.387 e. The van der Waals surface area contributed by atoms with Crippen LogP contribution in [0.25, 0.3) is 0 Å². The number of aliphatic hydroxyl groups excluding tert-OH is 1. The maximum atomic E-state index is 12.2. The van der Waals surface area contributed by atoms with Crippen molar-refractivity contribution in [3.63, 3.8) is 0 Å². The molecule has 0 aromatic heterocycles. The Hall–Kier alpha value is -1.73. The van der Waals surface area contributed by atoms with Gasteiger partial charge in [0.15, 0.2) is 0 Å². The van der Waals surface area contributed by atoms with Gasteiger partial charge >= 0.3 is 6.61 Å². The van der Waals surface area contributed by atoms with E-state index < -0.39 is 12.7 Å². The van der Waals surface area contributed by atoms with Crippen LogP contribution in [0.2, 0.25) is 0 Å². The number of amides is 1. The van der Waals surface area contributed by atoms with E-state index in [-0.39, 0.29) is 30.4 Å². The molecule has 1 aliphatic rings. The molecule has 1 fully saturated rings. The van der Waals surface area contributed by atoms with E-state index in [1.165, 1.54) is 29.2 Å². The SMILES string of the molecule is O=C(c1cccc(OC(F)F)c1)N1CCOC(CO)C1. The second-order valence-corrected chi connectivity index (χ2v) is 4.33. The molecule has 110 valence electrons. The summed E-state index contributed by atoms with van der Waals surface area (Å²) in [5, 5.41) is 9.04. The molecule has 5 nitrogen and oxygen atoms in total. The number of benzene rings is 1. The molecule has 1 saturated heterocycles. The summed E-state index contributed by atoms with van der Waals surface area (Å²) in [7, 11) is 0. The molecule has 1 aliphatic heterocycles. The molecule has 1 N–H and O–H groups in total. The molecule has 1 aromatic carbocycles. The number of morpholine rings is 1. The second kappa shape index (κ2) is 6.62. The van der Waals surface area contributed by atoms with Crippen LogP contribution in [0.3, 0.4) is 0 Å². The van der Waals surface area contributed by atoms with Crippen LogP contribution in [-0.4, -0.2) is 54.9 Å². The molecule has 1 aromatic rings. The average molecular weight is 287 g/mol. The summed E-state index contributed by atoms with van der Waals surface area (Å²) in [6, 6.07) is 5.65. The van der Waals surface area contributed by atoms with Crippen molar-refractivity contribution < 1.29 is 28.2 Å². The molecule has 0 radical (unpaired) electrons. The minimum absolute atomic E-state index is 0.0576. The van der Waals surface area contributed by atoms with Gasteiger partial charge in [0.25, 0.3) is 5.91 Å². The Kier molecular flexibility index (Phi) is 4.86. The third-order valence-electron chi connectivity index (χ3n) is 2.94.